The Morgan fingerprint density at radius 1 is 1.35 bits per heavy atom. The third-order valence-electron chi connectivity index (χ3n) is 3.56. The molecule has 0 aliphatic rings. The minimum atomic E-state index is 0.118. The highest BCUT2D eigenvalue weighted by atomic mass is 16.5. The third kappa shape index (κ3) is 4.85. The highest BCUT2D eigenvalue weighted by molar-refractivity contribution is 5.76. The summed E-state index contributed by atoms with van der Waals surface area (Å²) in [5.74, 6) is 0.987. The van der Waals surface area contributed by atoms with Gasteiger partial charge in [-0.1, -0.05) is 18.2 Å². The van der Waals surface area contributed by atoms with E-state index in [0.29, 0.717) is 12.8 Å². The minimum absolute atomic E-state index is 0.118. The standard InChI is InChI=1S/C16H25NO3/c1-13(17(2)16(19)10-6-7-11-18)12-14-8-4-5-9-15(14)20-3/h4-5,8-9,13,18H,6-7,10-12H2,1-3H3. The van der Waals surface area contributed by atoms with Crippen LogP contribution in [0.2, 0.25) is 0 Å². The van der Waals surface area contributed by atoms with Crippen LogP contribution in [0.1, 0.15) is 31.7 Å². The number of nitrogens with zero attached hydrogens (tertiary/aromatic N) is 1. The quantitative estimate of drug-likeness (QED) is 0.743. The summed E-state index contributed by atoms with van der Waals surface area (Å²) < 4.78 is 5.33. The number of benzene rings is 1. The molecule has 112 valence electrons. The second kappa shape index (κ2) is 8.59. The number of para-hydroxylation sites is 1. The molecule has 0 aromatic heterocycles. The van der Waals surface area contributed by atoms with E-state index in [1.165, 1.54) is 0 Å². The summed E-state index contributed by atoms with van der Waals surface area (Å²) in [6, 6.07) is 8.00. The number of hydrogen-bond donors (Lipinski definition) is 1. The van der Waals surface area contributed by atoms with Gasteiger partial charge in [-0.2, -0.15) is 0 Å². The molecule has 0 fully saturated rings. The second-order valence-electron chi connectivity index (χ2n) is 5.05. The van der Waals surface area contributed by atoms with Crippen LogP contribution in [0.4, 0.5) is 0 Å². The summed E-state index contributed by atoms with van der Waals surface area (Å²) in [5, 5.41) is 8.74. The van der Waals surface area contributed by atoms with E-state index in [2.05, 4.69) is 0 Å². The molecule has 1 unspecified atom stereocenters. The molecule has 1 aromatic carbocycles. The zero-order chi connectivity index (χ0) is 15.0. The molecule has 1 aromatic rings. The lowest BCUT2D eigenvalue weighted by atomic mass is 10.0. The molecule has 4 heteroatoms. The number of rotatable bonds is 8. The van der Waals surface area contributed by atoms with Gasteiger partial charge in [-0.15, -0.1) is 0 Å². The monoisotopic (exact) mass is 279 g/mol. The fourth-order valence-corrected chi connectivity index (χ4v) is 2.14. The Morgan fingerprint density at radius 3 is 2.70 bits per heavy atom. The predicted molar refractivity (Wildman–Crippen MR) is 79.9 cm³/mol. The maximum Gasteiger partial charge on any atom is 0.222 e. The summed E-state index contributed by atoms with van der Waals surface area (Å²) in [5.41, 5.74) is 1.11. The number of likely N-dealkylation sites (N-methyl/N-ethyl adjacent to an activating group) is 1. The molecule has 20 heavy (non-hydrogen) atoms. The lowest BCUT2D eigenvalue weighted by molar-refractivity contribution is -0.131. The van der Waals surface area contributed by atoms with Gasteiger partial charge in [0.2, 0.25) is 5.91 Å². The first-order valence-corrected chi connectivity index (χ1v) is 7.08. The molecule has 1 rings (SSSR count). The number of aliphatic hydroxyl groups excluding tert-OH is 1. The molecule has 0 spiro atoms. The van der Waals surface area contributed by atoms with Crippen LogP contribution in [0.25, 0.3) is 0 Å². The Bertz CT molecular complexity index is 420. The maximum absolute atomic E-state index is 12.0. The van der Waals surface area contributed by atoms with Crippen LogP contribution in [-0.2, 0) is 11.2 Å². The lowest BCUT2D eigenvalue weighted by Crippen LogP contribution is -2.36. The first-order chi connectivity index (χ1) is 9.60. The van der Waals surface area contributed by atoms with Crippen LogP contribution in [0, 0.1) is 0 Å². The van der Waals surface area contributed by atoms with E-state index in [1.807, 2.05) is 38.2 Å². The van der Waals surface area contributed by atoms with Crippen molar-refractivity contribution in [1.82, 2.24) is 4.90 Å². The molecule has 4 nitrogen and oxygen atoms in total. The number of amides is 1. The normalized spacial score (nSPS) is 12.0. The molecule has 0 aliphatic heterocycles. The average Bonchev–Trinajstić information content (AvgIpc) is 2.47. The minimum Gasteiger partial charge on any atom is -0.496 e. The summed E-state index contributed by atoms with van der Waals surface area (Å²) >= 11 is 0. The molecule has 0 aliphatic carbocycles. The summed E-state index contributed by atoms with van der Waals surface area (Å²) in [6.07, 6.45) is 2.68. The van der Waals surface area contributed by atoms with Crippen molar-refractivity contribution in [2.75, 3.05) is 20.8 Å². The molecule has 0 saturated heterocycles. The Balaban J connectivity index is 2.56. The van der Waals surface area contributed by atoms with E-state index in [9.17, 15) is 4.79 Å². The zero-order valence-corrected chi connectivity index (χ0v) is 12.6. The van der Waals surface area contributed by atoms with E-state index >= 15 is 0 Å². The van der Waals surface area contributed by atoms with Crippen molar-refractivity contribution >= 4 is 5.91 Å². The number of carbonyl (C=O) groups is 1. The van der Waals surface area contributed by atoms with E-state index in [4.69, 9.17) is 9.84 Å². The molecule has 0 radical (unpaired) electrons. The molecule has 1 N–H and O–H groups in total. The molecule has 1 atom stereocenters. The predicted octanol–water partition coefficient (Wildman–Crippen LogP) is 2.25. The SMILES string of the molecule is COc1ccccc1CC(C)N(C)C(=O)CCCCO. The van der Waals surface area contributed by atoms with Crippen molar-refractivity contribution in [2.45, 2.75) is 38.6 Å². The smallest absolute Gasteiger partial charge is 0.222 e. The van der Waals surface area contributed by atoms with Gasteiger partial charge in [0.25, 0.3) is 0 Å². The zero-order valence-electron chi connectivity index (χ0n) is 12.6. The molecule has 1 amide bonds. The first-order valence-electron chi connectivity index (χ1n) is 7.08. The Morgan fingerprint density at radius 2 is 2.05 bits per heavy atom. The average molecular weight is 279 g/mol. The number of aliphatic hydroxyl groups is 1. The number of unbranched alkanes of at least 4 members (excludes halogenated alkanes) is 1. The van der Waals surface area contributed by atoms with Crippen molar-refractivity contribution in [2.24, 2.45) is 0 Å². The highest BCUT2D eigenvalue weighted by Crippen LogP contribution is 2.20. The Labute approximate surface area is 121 Å². The first kappa shape index (κ1) is 16.5. The molecule has 0 heterocycles. The van der Waals surface area contributed by atoms with Crippen LogP contribution >= 0.6 is 0 Å². The Kier molecular flexibility index (Phi) is 7.09. The summed E-state index contributed by atoms with van der Waals surface area (Å²) in [4.78, 5) is 13.8. The summed E-state index contributed by atoms with van der Waals surface area (Å²) in [6.45, 7) is 2.18. The van der Waals surface area contributed by atoms with Crippen LogP contribution in [0.15, 0.2) is 24.3 Å². The van der Waals surface area contributed by atoms with Gasteiger partial charge < -0.3 is 14.7 Å². The molecule has 0 saturated carbocycles. The van der Waals surface area contributed by atoms with Crippen molar-refractivity contribution in [1.29, 1.82) is 0 Å². The van der Waals surface area contributed by atoms with Crippen LogP contribution in [-0.4, -0.2) is 42.7 Å². The third-order valence-corrected chi connectivity index (χ3v) is 3.56. The largest absolute Gasteiger partial charge is 0.496 e. The van der Waals surface area contributed by atoms with Crippen LogP contribution in [0.3, 0.4) is 0 Å². The molecular weight excluding hydrogens is 254 g/mol. The second-order valence-corrected chi connectivity index (χ2v) is 5.05. The van der Waals surface area contributed by atoms with E-state index in [-0.39, 0.29) is 18.6 Å². The van der Waals surface area contributed by atoms with Crippen molar-refractivity contribution in [3.63, 3.8) is 0 Å². The van der Waals surface area contributed by atoms with Gasteiger partial charge in [-0.05, 0) is 37.8 Å². The van der Waals surface area contributed by atoms with Crippen LogP contribution < -0.4 is 4.74 Å². The van der Waals surface area contributed by atoms with Crippen molar-refractivity contribution in [3.05, 3.63) is 29.8 Å². The topological polar surface area (TPSA) is 49.8 Å². The van der Waals surface area contributed by atoms with Gasteiger partial charge in [0.1, 0.15) is 5.75 Å². The van der Waals surface area contributed by atoms with Crippen LogP contribution in [0.5, 0.6) is 5.75 Å². The number of hydrogen-bond acceptors (Lipinski definition) is 3. The van der Waals surface area contributed by atoms with Gasteiger partial charge in [-0.3, -0.25) is 4.79 Å². The Hall–Kier alpha value is -1.55. The molecule has 0 bridgehead atoms. The van der Waals surface area contributed by atoms with E-state index < -0.39 is 0 Å². The van der Waals surface area contributed by atoms with Gasteiger partial charge in [0.05, 0.1) is 7.11 Å². The van der Waals surface area contributed by atoms with Gasteiger partial charge >= 0.3 is 0 Å². The highest BCUT2D eigenvalue weighted by Gasteiger charge is 2.17. The number of ether oxygens (including phenoxy) is 1. The number of methoxy groups -OCH3 is 1. The van der Waals surface area contributed by atoms with Gasteiger partial charge in [-0.25, -0.2) is 0 Å². The number of carbonyl (C=O) groups excluding carboxylic acids is 1. The van der Waals surface area contributed by atoms with E-state index in [1.54, 1.807) is 12.0 Å². The van der Waals surface area contributed by atoms with Crippen molar-refractivity contribution in [3.8, 4) is 5.75 Å². The fourth-order valence-electron chi connectivity index (χ4n) is 2.14. The van der Waals surface area contributed by atoms with Gasteiger partial charge in [0.15, 0.2) is 0 Å². The fraction of sp³-hybridized carbons (Fsp3) is 0.562. The van der Waals surface area contributed by atoms with E-state index in [0.717, 1.165) is 24.2 Å². The summed E-state index contributed by atoms with van der Waals surface area (Å²) in [7, 11) is 3.49. The maximum atomic E-state index is 12.0. The van der Waals surface area contributed by atoms with Gasteiger partial charge in [0, 0.05) is 26.1 Å². The lowest BCUT2D eigenvalue weighted by Gasteiger charge is -2.25. The molecular formula is C16H25NO3. The van der Waals surface area contributed by atoms with Crippen molar-refractivity contribution < 1.29 is 14.6 Å².